The number of rotatable bonds is 1. The van der Waals surface area contributed by atoms with Crippen molar-refractivity contribution < 1.29 is 0 Å². The minimum Gasteiger partial charge on any atom is -0.0720 e. The van der Waals surface area contributed by atoms with Crippen LogP contribution in [0.25, 0.3) is 0 Å². The van der Waals surface area contributed by atoms with Crippen molar-refractivity contribution in [3.8, 4) is 0 Å². The fourth-order valence-electron chi connectivity index (χ4n) is 1.59. The summed E-state index contributed by atoms with van der Waals surface area (Å²) < 4.78 is 0. The second kappa shape index (κ2) is 2.58. The highest BCUT2D eigenvalue weighted by Crippen LogP contribution is 2.25. The van der Waals surface area contributed by atoms with Crippen LogP contribution in [0.4, 0.5) is 0 Å². The van der Waals surface area contributed by atoms with E-state index in [4.69, 9.17) is 0 Å². The lowest BCUT2D eigenvalue weighted by Gasteiger charge is -2.27. The van der Waals surface area contributed by atoms with Crippen LogP contribution in [0, 0.1) is 5.41 Å². The topological polar surface area (TPSA) is 0 Å². The zero-order chi connectivity index (χ0) is 7.71. The SMILES string of the molecule is CC(C)(C)C[Si](C)(C)[SiH3]. The Balaban J connectivity index is 3.75. The lowest BCUT2D eigenvalue weighted by Crippen LogP contribution is -2.31. The standard InChI is InChI=1S/C7H20Si2/c1-7(2,3)6-9(4,5)8/h6H2,1-5,8H3. The largest absolute Gasteiger partial charge is 0.0720 e. The van der Waals surface area contributed by atoms with Crippen molar-refractivity contribution in [2.24, 2.45) is 5.41 Å². The van der Waals surface area contributed by atoms with Gasteiger partial charge in [-0.15, -0.1) is 0 Å². The molecule has 2 heteroatoms. The molecule has 0 aromatic carbocycles. The maximum Gasteiger partial charge on any atom is 0.0306 e. The Morgan fingerprint density at radius 3 is 1.56 bits per heavy atom. The summed E-state index contributed by atoms with van der Waals surface area (Å²) in [6.07, 6.45) is 0. The summed E-state index contributed by atoms with van der Waals surface area (Å²) in [4.78, 5) is 0. The second-order valence-corrected chi connectivity index (χ2v) is 18.9. The molecule has 0 aliphatic heterocycles. The first-order valence-corrected chi connectivity index (χ1v) is 10.4. The molecule has 0 aromatic heterocycles. The van der Waals surface area contributed by atoms with E-state index >= 15 is 0 Å². The normalized spacial score (nSPS) is 14.3. The summed E-state index contributed by atoms with van der Waals surface area (Å²) in [5, 5.41) is 0. The van der Waals surface area contributed by atoms with Crippen LogP contribution >= 0.6 is 0 Å². The molecule has 0 saturated carbocycles. The van der Waals surface area contributed by atoms with E-state index < -0.39 is 7.59 Å². The highest BCUT2D eigenvalue weighted by molar-refractivity contribution is 7.15. The number of hydrogen-bond acceptors (Lipinski definition) is 0. The highest BCUT2D eigenvalue weighted by Gasteiger charge is 2.21. The van der Waals surface area contributed by atoms with Gasteiger partial charge in [0.2, 0.25) is 0 Å². The molecule has 0 fully saturated rings. The fourth-order valence-corrected chi connectivity index (χ4v) is 7.95. The second-order valence-electron chi connectivity index (χ2n) is 5.30. The van der Waals surface area contributed by atoms with Crippen molar-refractivity contribution in [1.29, 1.82) is 0 Å². The zero-order valence-corrected chi connectivity index (χ0v) is 10.7. The third kappa shape index (κ3) is 8.43. The smallest absolute Gasteiger partial charge is 0.0306 e. The van der Waals surface area contributed by atoms with Crippen LogP contribution in [-0.2, 0) is 0 Å². The molecule has 0 unspecified atom stereocenters. The third-order valence-electron chi connectivity index (χ3n) is 1.06. The minimum atomic E-state index is -0.654. The zero-order valence-electron chi connectivity index (χ0n) is 7.71. The van der Waals surface area contributed by atoms with E-state index in [0.29, 0.717) is 5.41 Å². The summed E-state index contributed by atoms with van der Waals surface area (Å²) in [5.41, 5.74) is 0.581. The van der Waals surface area contributed by atoms with Gasteiger partial charge in [0.25, 0.3) is 0 Å². The van der Waals surface area contributed by atoms with Gasteiger partial charge >= 0.3 is 0 Å². The van der Waals surface area contributed by atoms with E-state index in [0.717, 1.165) is 0 Å². The monoisotopic (exact) mass is 160 g/mol. The van der Waals surface area contributed by atoms with Crippen molar-refractivity contribution in [3.05, 3.63) is 0 Å². The Morgan fingerprint density at radius 1 is 1.22 bits per heavy atom. The molecule has 0 bridgehead atoms. The predicted molar refractivity (Wildman–Crippen MR) is 51.7 cm³/mol. The maximum absolute atomic E-state index is 2.49. The molecule has 0 N–H and O–H groups in total. The van der Waals surface area contributed by atoms with Gasteiger partial charge in [0.15, 0.2) is 0 Å². The summed E-state index contributed by atoms with van der Waals surface area (Å²) in [7, 11) is 0.794. The Morgan fingerprint density at radius 2 is 1.56 bits per heavy atom. The molecule has 0 amide bonds. The van der Waals surface area contributed by atoms with Crippen molar-refractivity contribution in [3.63, 3.8) is 0 Å². The van der Waals surface area contributed by atoms with Crippen LogP contribution in [0.2, 0.25) is 19.1 Å². The van der Waals surface area contributed by atoms with Crippen LogP contribution in [0.5, 0.6) is 0 Å². The quantitative estimate of drug-likeness (QED) is 0.511. The number of hydrogen-bond donors (Lipinski definition) is 0. The lowest BCUT2D eigenvalue weighted by atomic mass is 10.0. The van der Waals surface area contributed by atoms with Gasteiger partial charge in [-0.25, -0.2) is 0 Å². The van der Waals surface area contributed by atoms with Gasteiger partial charge in [0.1, 0.15) is 0 Å². The molecule has 0 spiro atoms. The minimum absolute atomic E-state index is 0.581. The molecular formula is C7H20Si2. The Labute approximate surface area is 63.3 Å². The van der Waals surface area contributed by atoms with Crippen molar-refractivity contribution in [2.75, 3.05) is 0 Å². The highest BCUT2D eigenvalue weighted by atomic mass is 29.2. The van der Waals surface area contributed by atoms with Gasteiger partial charge in [-0.05, 0) is 15.2 Å². The van der Waals surface area contributed by atoms with E-state index in [2.05, 4.69) is 33.9 Å². The molecule has 9 heavy (non-hydrogen) atoms. The van der Waals surface area contributed by atoms with E-state index in [-0.39, 0.29) is 0 Å². The summed E-state index contributed by atoms with van der Waals surface area (Å²) in [6, 6.07) is 1.49. The van der Waals surface area contributed by atoms with Gasteiger partial charge < -0.3 is 0 Å². The predicted octanol–water partition coefficient (Wildman–Crippen LogP) is 1.60. The Bertz CT molecular complexity index is 72.1. The van der Waals surface area contributed by atoms with Crippen LogP contribution in [0.3, 0.4) is 0 Å². The molecule has 0 heterocycles. The summed E-state index contributed by atoms with van der Waals surface area (Å²) in [5.74, 6) is 0. The lowest BCUT2D eigenvalue weighted by molar-refractivity contribution is 0.463. The van der Waals surface area contributed by atoms with Gasteiger partial charge in [-0.3, -0.25) is 0 Å². The average molecular weight is 160 g/mol. The molecule has 56 valence electrons. The fraction of sp³-hybridized carbons (Fsp3) is 1.00. The van der Waals surface area contributed by atoms with Gasteiger partial charge in [-0.2, -0.15) is 0 Å². The van der Waals surface area contributed by atoms with E-state index in [1.165, 1.54) is 15.8 Å². The summed E-state index contributed by atoms with van der Waals surface area (Å²) >= 11 is 0. The first-order valence-electron chi connectivity index (χ1n) is 3.71. The van der Waals surface area contributed by atoms with Crippen LogP contribution < -0.4 is 0 Å². The van der Waals surface area contributed by atoms with Crippen LogP contribution in [0.1, 0.15) is 20.8 Å². The van der Waals surface area contributed by atoms with E-state index in [1.807, 2.05) is 0 Å². The average Bonchev–Trinajstić information content (AvgIpc) is 1.14. The van der Waals surface area contributed by atoms with Crippen molar-refractivity contribution >= 4 is 17.4 Å². The molecule has 0 aromatic rings. The van der Waals surface area contributed by atoms with E-state index in [9.17, 15) is 0 Å². The molecule has 0 rings (SSSR count). The molecule has 0 aliphatic rings. The van der Waals surface area contributed by atoms with E-state index in [1.54, 1.807) is 0 Å². The van der Waals surface area contributed by atoms with Crippen LogP contribution in [0.15, 0.2) is 0 Å². The first kappa shape index (κ1) is 9.43. The molecule has 0 atom stereocenters. The molecule has 0 saturated heterocycles. The third-order valence-corrected chi connectivity index (χ3v) is 4.24. The van der Waals surface area contributed by atoms with Gasteiger partial charge in [0.05, 0.1) is 0 Å². The van der Waals surface area contributed by atoms with Crippen molar-refractivity contribution in [2.45, 2.75) is 39.9 Å². The Kier molecular flexibility index (Phi) is 2.71. The molecule has 0 nitrogen and oxygen atoms in total. The molecule has 0 radical (unpaired) electrons. The summed E-state index contributed by atoms with van der Waals surface area (Å²) in [6.45, 7) is 12.0. The van der Waals surface area contributed by atoms with Gasteiger partial charge in [0, 0.05) is 7.59 Å². The Hall–Kier alpha value is 0.434. The first-order chi connectivity index (χ1) is 3.71. The van der Waals surface area contributed by atoms with Gasteiger partial charge in [-0.1, -0.05) is 39.9 Å². The molecular weight excluding hydrogens is 140 g/mol. The maximum atomic E-state index is 2.49. The molecule has 0 aliphatic carbocycles. The van der Waals surface area contributed by atoms with Crippen LogP contribution in [-0.4, -0.2) is 17.4 Å². The van der Waals surface area contributed by atoms with Crippen molar-refractivity contribution in [1.82, 2.24) is 0 Å².